The van der Waals surface area contributed by atoms with Crippen LogP contribution in [0.5, 0.6) is 0 Å². The van der Waals surface area contributed by atoms with E-state index in [0.29, 0.717) is 6.42 Å². The number of hydrogen-bond acceptors (Lipinski definition) is 2. The Morgan fingerprint density at radius 3 is 2.37 bits per heavy atom. The molecule has 1 heterocycles. The summed E-state index contributed by atoms with van der Waals surface area (Å²) in [5, 5.41) is 0.979. The van der Waals surface area contributed by atoms with E-state index in [1.165, 1.54) is 12.1 Å². The first-order chi connectivity index (χ1) is 8.86. The van der Waals surface area contributed by atoms with Crippen molar-refractivity contribution in [3.63, 3.8) is 0 Å². The zero-order valence-corrected chi connectivity index (χ0v) is 12.4. The minimum Gasteiger partial charge on any atom is -0.250 e. The molecule has 2 rings (SSSR count). The monoisotopic (exact) mass is 349 g/mol. The summed E-state index contributed by atoms with van der Waals surface area (Å²) in [5.41, 5.74) is 0.247. The molecule has 1 aromatic heterocycles. The number of aromatic nitrogens is 1. The summed E-state index contributed by atoms with van der Waals surface area (Å²) in [5.74, 6) is 0. The number of halogens is 4. The highest BCUT2D eigenvalue weighted by molar-refractivity contribution is 9.09. The highest BCUT2D eigenvalue weighted by atomic mass is 79.9. The number of aryl methyl sites for hydroxylation is 1. The molecule has 102 valence electrons. The van der Waals surface area contributed by atoms with Gasteiger partial charge >= 0.3 is 6.18 Å². The van der Waals surface area contributed by atoms with Gasteiger partial charge in [0.2, 0.25) is 0 Å². The molecule has 0 radical (unpaired) electrons. The molecule has 0 amide bonds. The van der Waals surface area contributed by atoms with Crippen LogP contribution in [0.2, 0.25) is 0 Å². The Labute approximate surface area is 121 Å². The van der Waals surface area contributed by atoms with Crippen molar-refractivity contribution in [1.29, 1.82) is 0 Å². The first-order valence-corrected chi connectivity index (χ1v) is 7.32. The molecule has 0 aliphatic heterocycles. The molecule has 1 atom stereocenters. The maximum absolute atomic E-state index is 12.4. The molecule has 1 nitrogen and oxygen atoms in total. The third-order valence-electron chi connectivity index (χ3n) is 2.64. The van der Waals surface area contributed by atoms with Crippen molar-refractivity contribution in [2.45, 2.75) is 24.3 Å². The van der Waals surface area contributed by atoms with E-state index in [1.807, 2.05) is 6.92 Å². The lowest BCUT2D eigenvalue weighted by Gasteiger charge is -2.10. The third-order valence-corrected chi connectivity index (χ3v) is 4.79. The van der Waals surface area contributed by atoms with Gasteiger partial charge in [-0.1, -0.05) is 28.1 Å². The predicted molar refractivity (Wildman–Crippen MR) is 73.7 cm³/mol. The number of nitrogens with zero attached hydrogens (tertiary/aromatic N) is 1. The predicted octanol–water partition coefficient (Wildman–Crippen LogP) is 5.15. The number of hydrogen-bond donors (Lipinski definition) is 0. The molecule has 0 aliphatic rings. The van der Waals surface area contributed by atoms with Crippen molar-refractivity contribution in [1.82, 2.24) is 4.98 Å². The smallest absolute Gasteiger partial charge is 0.250 e. The molecule has 1 unspecified atom stereocenters. The van der Waals surface area contributed by atoms with Gasteiger partial charge < -0.3 is 0 Å². The van der Waals surface area contributed by atoms with Gasteiger partial charge in [0.25, 0.3) is 0 Å². The summed E-state index contributed by atoms with van der Waals surface area (Å²) in [6.07, 6.45) is -1.84. The van der Waals surface area contributed by atoms with Gasteiger partial charge in [-0.25, -0.2) is 4.98 Å². The Bertz CT molecular complexity index is 548. The molecule has 0 saturated carbocycles. The highest BCUT2D eigenvalue weighted by Crippen LogP contribution is 2.33. The van der Waals surface area contributed by atoms with E-state index in [9.17, 15) is 13.2 Å². The van der Waals surface area contributed by atoms with Gasteiger partial charge in [0.15, 0.2) is 0 Å². The van der Waals surface area contributed by atoms with E-state index in [4.69, 9.17) is 0 Å². The number of rotatable bonds is 3. The van der Waals surface area contributed by atoms with Crippen LogP contribution in [-0.4, -0.2) is 4.98 Å². The summed E-state index contributed by atoms with van der Waals surface area (Å²) < 4.78 is 37.3. The van der Waals surface area contributed by atoms with E-state index in [0.717, 1.165) is 27.6 Å². The van der Waals surface area contributed by atoms with Gasteiger partial charge in [-0.05, 0) is 31.0 Å². The first-order valence-electron chi connectivity index (χ1n) is 5.59. The van der Waals surface area contributed by atoms with Gasteiger partial charge in [0.1, 0.15) is 0 Å². The second-order valence-electron chi connectivity index (χ2n) is 4.15. The summed E-state index contributed by atoms with van der Waals surface area (Å²) in [4.78, 5) is 5.33. The molecule has 0 fully saturated rings. The molecule has 6 heteroatoms. The zero-order chi connectivity index (χ0) is 14.0. The molecule has 0 aliphatic carbocycles. The fourth-order valence-electron chi connectivity index (χ4n) is 1.66. The quantitative estimate of drug-likeness (QED) is 0.698. The van der Waals surface area contributed by atoms with Gasteiger partial charge in [0, 0.05) is 11.1 Å². The third kappa shape index (κ3) is 3.79. The average Bonchev–Trinajstić information content (AvgIpc) is 2.75. The molecule has 0 spiro atoms. The fourth-order valence-corrected chi connectivity index (χ4v) is 3.20. The maximum atomic E-state index is 12.4. The lowest BCUT2D eigenvalue weighted by atomic mass is 10.1. The fraction of sp³-hybridized carbons (Fsp3) is 0.308. The minimum absolute atomic E-state index is 0.0791. The van der Waals surface area contributed by atoms with Crippen LogP contribution >= 0.6 is 27.3 Å². The molecule has 19 heavy (non-hydrogen) atoms. The second-order valence-corrected chi connectivity index (χ2v) is 6.52. The van der Waals surface area contributed by atoms with Crippen LogP contribution < -0.4 is 0 Å². The molecule has 1 aromatic carbocycles. The Balaban J connectivity index is 2.07. The number of benzene rings is 1. The SMILES string of the molecule is Cc1ncc(C(Br)Cc2ccc(C(F)(F)F)cc2)s1. The molecule has 0 saturated heterocycles. The van der Waals surface area contributed by atoms with Crippen molar-refractivity contribution in [3.05, 3.63) is 51.5 Å². The number of thiazole rings is 1. The lowest BCUT2D eigenvalue weighted by Crippen LogP contribution is -2.04. The number of alkyl halides is 4. The molecular weight excluding hydrogens is 339 g/mol. The van der Waals surface area contributed by atoms with Gasteiger partial charge in [-0.2, -0.15) is 13.2 Å². The molecular formula is C13H11BrF3NS. The minimum atomic E-state index is -4.28. The Hall–Kier alpha value is -0.880. The van der Waals surface area contributed by atoms with Crippen LogP contribution in [-0.2, 0) is 12.6 Å². The van der Waals surface area contributed by atoms with E-state index in [2.05, 4.69) is 20.9 Å². The Morgan fingerprint density at radius 2 is 1.89 bits per heavy atom. The molecule has 2 aromatic rings. The van der Waals surface area contributed by atoms with Gasteiger partial charge in [0.05, 0.1) is 15.4 Å². The van der Waals surface area contributed by atoms with E-state index < -0.39 is 11.7 Å². The standard InChI is InChI=1S/C13H11BrF3NS/c1-8-18-7-12(19-8)11(14)6-9-2-4-10(5-3-9)13(15,16)17/h2-5,7,11H,6H2,1H3. The highest BCUT2D eigenvalue weighted by Gasteiger charge is 2.29. The van der Waals surface area contributed by atoms with Crippen molar-refractivity contribution >= 4 is 27.3 Å². The summed E-state index contributed by atoms with van der Waals surface area (Å²) in [6.45, 7) is 1.92. The zero-order valence-electron chi connectivity index (χ0n) is 10.0. The van der Waals surface area contributed by atoms with Crippen molar-refractivity contribution in [2.75, 3.05) is 0 Å². The molecule has 0 bridgehead atoms. The first kappa shape index (κ1) is 14.5. The van der Waals surface area contributed by atoms with Crippen molar-refractivity contribution < 1.29 is 13.2 Å². The topological polar surface area (TPSA) is 12.9 Å². The largest absolute Gasteiger partial charge is 0.416 e. The normalized spacial score (nSPS) is 13.5. The van der Waals surface area contributed by atoms with Crippen LogP contribution in [0.15, 0.2) is 30.5 Å². The summed E-state index contributed by atoms with van der Waals surface area (Å²) in [6, 6.07) is 5.27. The van der Waals surface area contributed by atoms with Crippen molar-refractivity contribution in [3.8, 4) is 0 Å². The summed E-state index contributed by atoms with van der Waals surface area (Å²) >= 11 is 5.13. The maximum Gasteiger partial charge on any atom is 0.416 e. The average molecular weight is 350 g/mol. The Kier molecular flexibility index (Phi) is 4.30. The van der Waals surface area contributed by atoms with Crippen LogP contribution in [0.1, 0.15) is 25.8 Å². The van der Waals surface area contributed by atoms with E-state index in [1.54, 1.807) is 17.5 Å². The van der Waals surface area contributed by atoms with Crippen molar-refractivity contribution in [2.24, 2.45) is 0 Å². The second kappa shape index (κ2) is 5.63. The van der Waals surface area contributed by atoms with Crippen LogP contribution in [0, 0.1) is 6.92 Å². The lowest BCUT2D eigenvalue weighted by molar-refractivity contribution is -0.137. The van der Waals surface area contributed by atoms with Crippen LogP contribution in [0.25, 0.3) is 0 Å². The summed E-state index contributed by atoms with van der Waals surface area (Å²) in [7, 11) is 0. The molecule has 0 N–H and O–H groups in total. The van der Waals surface area contributed by atoms with Gasteiger partial charge in [-0.3, -0.25) is 0 Å². The Morgan fingerprint density at radius 1 is 1.26 bits per heavy atom. The van der Waals surface area contributed by atoms with Gasteiger partial charge in [-0.15, -0.1) is 11.3 Å². The van der Waals surface area contributed by atoms with Crippen LogP contribution in [0.4, 0.5) is 13.2 Å². The van der Waals surface area contributed by atoms with E-state index in [-0.39, 0.29) is 4.83 Å². The van der Waals surface area contributed by atoms with Crippen LogP contribution in [0.3, 0.4) is 0 Å². The van der Waals surface area contributed by atoms with E-state index >= 15 is 0 Å².